The molecule has 1 unspecified atom stereocenters. The van der Waals surface area contributed by atoms with Crippen molar-refractivity contribution < 1.29 is 41.8 Å². The molecule has 1 atom stereocenters. The normalized spacial score (nSPS) is 16.2. The van der Waals surface area contributed by atoms with Crippen LogP contribution >= 0.6 is 11.6 Å². The number of aromatic nitrogens is 2. The molecule has 3 aliphatic rings. The maximum atomic E-state index is 13.2. The van der Waals surface area contributed by atoms with Gasteiger partial charge in [-0.3, -0.25) is 28.8 Å². The second-order valence-electron chi connectivity index (χ2n) is 15.7. The molecule has 3 aromatic carbocycles. The third-order valence-corrected chi connectivity index (χ3v) is 13.1. The molecule has 0 spiro atoms. The predicted molar refractivity (Wildman–Crippen MR) is 247 cm³/mol. The molecular formula is C44H53ClN10O9S. The van der Waals surface area contributed by atoms with Crippen molar-refractivity contribution in [2.45, 2.75) is 45.2 Å². The minimum Gasteiger partial charge on any atom is -0.497 e. The molecule has 4 aromatic rings. The molecule has 0 radical (unpaired) electrons. The van der Waals surface area contributed by atoms with Gasteiger partial charge in [-0.05, 0) is 48.7 Å². The molecule has 4 N–H and O–H groups in total. The van der Waals surface area contributed by atoms with Crippen LogP contribution in [0.5, 0.6) is 11.5 Å². The molecule has 2 saturated heterocycles. The van der Waals surface area contributed by atoms with Crippen molar-refractivity contribution in [3.05, 3.63) is 76.4 Å². The average Bonchev–Trinajstić information content (AvgIpc) is 3.63. The number of piperidine rings is 1. The van der Waals surface area contributed by atoms with Gasteiger partial charge in [-0.1, -0.05) is 24.6 Å². The van der Waals surface area contributed by atoms with E-state index in [4.69, 9.17) is 25.8 Å². The third kappa shape index (κ3) is 10.6. The van der Waals surface area contributed by atoms with E-state index in [-0.39, 0.29) is 60.5 Å². The highest BCUT2D eigenvalue weighted by Crippen LogP contribution is 2.38. The molecule has 1 aromatic heterocycles. The van der Waals surface area contributed by atoms with E-state index in [0.717, 1.165) is 33.1 Å². The third-order valence-electron chi connectivity index (χ3n) is 11.6. The van der Waals surface area contributed by atoms with Gasteiger partial charge in [0.05, 0.1) is 63.4 Å². The van der Waals surface area contributed by atoms with Crippen LogP contribution in [-0.4, -0.2) is 131 Å². The standard InChI is InChI=1S/C44H53ClN10O9S/c1-6-27-22-34(49-44-47-25-31(45)41(51-44)48-33-11-10-28(62-3)23-37(33)52(2)65(5,60)61)38(63-4)24-36(27)53-16-18-54(19-17-53)40(57)14-20-64-21-15-46-32-9-7-8-29-30(32)26-55(43(29)59)35-12-13-39(56)50-42(35)58/h7-11,22-25,35,46H,6,12-21,26H2,1-5H3,(H,50,56,58)(H2,47,48,49,51). The highest BCUT2D eigenvalue weighted by Gasteiger charge is 2.40. The van der Waals surface area contributed by atoms with Gasteiger partial charge in [0.15, 0.2) is 5.82 Å². The zero-order valence-electron chi connectivity index (χ0n) is 36.9. The lowest BCUT2D eigenvalue weighted by Gasteiger charge is -2.37. The summed E-state index contributed by atoms with van der Waals surface area (Å²) in [6, 6.07) is 13.7. The Balaban J connectivity index is 0.900. The number of piperazine rings is 1. The van der Waals surface area contributed by atoms with E-state index in [1.165, 1.54) is 25.3 Å². The summed E-state index contributed by atoms with van der Waals surface area (Å²) >= 11 is 6.52. The number of anilines is 7. The highest BCUT2D eigenvalue weighted by atomic mass is 35.5. The number of nitrogens with one attached hydrogen (secondary N) is 4. The lowest BCUT2D eigenvalue weighted by atomic mass is 10.0. The summed E-state index contributed by atoms with van der Waals surface area (Å²) in [5.74, 6) is 0.504. The summed E-state index contributed by atoms with van der Waals surface area (Å²) in [5, 5.41) is 12.3. The average molecular weight is 933 g/mol. The number of methoxy groups -OCH3 is 2. The van der Waals surface area contributed by atoms with Crippen molar-refractivity contribution in [3.8, 4) is 11.5 Å². The number of rotatable bonds is 18. The summed E-state index contributed by atoms with van der Waals surface area (Å²) in [7, 11) is 0.911. The Morgan fingerprint density at radius 2 is 1.77 bits per heavy atom. The predicted octanol–water partition coefficient (Wildman–Crippen LogP) is 4.52. The van der Waals surface area contributed by atoms with Crippen molar-refractivity contribution in [1.82, 2.24) is 25.1 Å². The minimum absolute atomic E-state index is 0.0147. The van der Waals surface area contributed by atoms with E-state index in [9.17, 15) is 27.6 Å². The summed E-state index contributed by atoms with van der Waals surface area (Å²) < 4.78 is 43.0. The Morgan fingerprint density at radius 3 is 2.48 bits per heavy atom. The number of halogens is 1. The van der Waals surface area contributed by atoms with Crippen LogP contribution in [0.4, 0.5) is 40.2 Å². The first-order valence-corrected chi connectivity index (χ1v) is 23.4. The number of hydrogen-bond donors (Lipinski definition) is 4. The Morgan fingerprint density at radius 1 is 0.985 bits per heavy atom. The summed E-state index contributed by atoms with van der Waals surface area (Å²) in [6.07, 6.45) is 4.00. The van der Waals surface area contributed by atoms with Crippen LogP contribution in [0.3, 0.4) is 0 Å². The first-order valence-electron chi connectivity index (χ1n) is 21.2. The van der Waals surface area contributed by atoms with Crippen LogP contribution < -0.4 is 39.9 Å². The second kappa shape index (κ2) is 20.2. The van der Waals surface area contributed by atoms with E-state index in [1.54, 1.807) is 37.4 Å². The van der Waals surface area contributed by atoms with Gasteiger partial charge in [0.2, 0.25) is 33.7 Å². The maximum absolute atomic E-state index is 13.2. The number of aryl methyl sites for hydroxylation is 1. The van der Waals surface area contributed by atoms with E-state index < -0.39 is 22.0 Å². The molecule has 2 fully saturated rings. The van der Waals surface area contributed by atoms with Gasteiger partial charge >= 0.3 is 0 Å². The number of hydrogen-bond acceptors (Lipinski definition) is 15. The van der Waals surface area contributed by atoms with Crippen LogP contribution in [0.15, 0.2) is 54.7 Å². The summed E-state index contributed by atoms with van der Waals surface area (Å²) in [5.41, 5.74) is 5.54. The molecule has 0 saturated carbocycles. The molecule has 65 heavy (non-hydrogen) atoms. The molecule has 21 heteroatoms. The van der Waals surface area contributed by atoms with Crippen LogP contribution in [-0.2, 0) is 42.1 Å². The molecule has 4 heterocycles. The van der Waals surface area contributed by atoms with Crippen molar-refractivity contribution in [2.24, 2.45) is 0 Å². The molecular weight excluding hydrogens is 880 g/mol. The van der Waals surface area contributed by atoms with Crippen LogP contribution in [0, 0.1) is 0 Å². The van der Waals surface area contributed by atoms with E-state index >= 15 is 0 Å². The number of ether oxygens (including phenoxy) is 3. The molecule has 0 bridgehead atoms. The van der Waals surface area contributed by atoms with Crippen molar-refractivity contribution in [1.29, 1.82) is 0 Å². The fourth-order valence-corrected chi connectivity index (χ4v) is 8.68. The minimum atomic E-state index is -3.61. The lowest BCUT2D eigenvalue weighted by Crippen LogP contribution is -2.52. The number of nitrogens with zero attached hydrogens (tertiary/aromatic N) is 6. The smallest absolute Gasteiger partial charge is 0.255 e. The fraction of sp³-hybridized carbons (Fsp3) is 0.409. The van der Waals surface area contributed by atoms with Crippen molar-refractivity contribution in [2.75, 3.05) is 98.6 Å². The number of benzene rings is 3. The first-order chi connectivity index (χ1) is 31.2. The molecule has 7 rings (SSSR count). The molecule has 0 aliphatic carbocycles. The number of sulfonamides is 1. The fourth-order valence-electron chi connectivity index (χ4n) is 8.03. The molecule has 346 valence electrons. The van der Waals surface area contributed by atoms with E-state index in [1.807, 2.05) is 23.1 Å². The zero-order valence-corrected chi connectivity index (χ0v) is 38.5. The topological polar surface area (TPSA) is 217 Å². The van der Waals surface area contributed by atoms with Gasteiger partial charge < -0.3 is 44.9 Å². The molecule has 4 amide bonds. The maximum Gasteiger partial charge on any atom is 0.255 e. The van der Waals surface area contributed by atoms with Crippen LogP contribution in [0.25, 0.3) is 0 Å². The number of carbonyl (C=O) groups is 4. The largest absolute Gasteiger partial charge is 0.497 e. The van der Waals surface area contributed by atoms with Gasteiger partial charge in [0.1, 0.15) is 22.6 Å². The number of carbonyl (C=O) groups excluding carboxylic acids is 4. The van der Waals surface area contributed by atoms with E-state index in [0.29, 0.717) is 86.3 Å². The summed E-state index contributed by atoms with van der Waals surface area (Å²) in [6.45, 7) is 5.75. The lowest BCUT2D eigenvalue weighted by molar-refractivity contribution is -0.137. The molecule has 19 nitrogen and oxygen atoms in total. The number of amides is 4. The van der Waals surface area contributed by atoms with Gasteiger partial charge in [-0.15, -0.1) is 0 Å². The van der Waals surface area contributed by atoms with Crippen molar-refractivity contribution >= 4 is 85.5 Å². The van der Waals surface area contributed by atoms with Gasteiger partial charge in [-0.2, -0.15) is 4.98 Å². The highest BCUT2D eigenvalue weighted by molar-refractivity contribution is 7.92. The first kappa shape index (κ1) is 46.6. The number of fused-ring (bicyclic) bond motifs is 1. The monoisotopic (exact) mass is 932 g/mol. The van der Waals surface area contributed by atoms with Crippen LogP contribution in [0.1, 0.15) is 47.7 Å². The van der Waals surface area contributed by atoms with Crippen LogP contribution in [0.2, 0.25) is 5.02 Å². The molecule has 3 aliphatic heterocycles. The van der Waals surface area contributed by atoms with E-state index in [2.05, 4.69) is 43.1 Å². The van der Waals surface area contributed by atoms with Crippen molar-refractivity contribution in [3.63, 3.8) is 0 Å². The SMILES string of the molecule is CCc1cc(Nc2ncc(Cl)c(Nc3ccc(OC)cc3N(C)S(C)(=O)=O)n2)c(OC)cc1N1CCN(C(=O)CCOCCNc2cccc3c2CN(C2CCC(=O)NC2=O)C3=O)CC1. The van der Waals surface area contributed by atoms with Gasteiger partial charge in [0.25, 0.3) is 5.91 Å². The van der Waals surface area contributed by atoms with Gasteiger partial charge in [0, 0.05) is 87.4 Å². The quantitative estimate of drug-likeness (QED) is 0.0797. The van der Waals surface area contributed by atoms with Gasteiger partial charge in [-0.25, -0.2) is 13.4 Å². The summed E-state index contributed by atoms with van der Waals surface area (Å²) in [4.78, 5) is 65.0. The Kier molecular flexibility index (Phi) is 14.5. The number of imide groups is 1. The second-order valence-corrected chi connectivity index (χ2v) is 18.1. The Labute approximate surface area is 382 Å². The Bertz CT molecular complexity index is 2570. The zero-order chi connectivity index (χ0) is 46.4. The Hall–Kier alpha value is -6.38.